The van der Waals surface area contributed by atoms with Crippen molar-refractivity contribution in [3.63, 3.8) is 0 Å². The van der Waals surface area contributed by atoms with Crippen molar-refractivity contribution in [1.29, 1.82) is 0 Å². The zero-order valence-corrected chi connectivity index (χ0v) is 29.4. The largest absolute Gasteiger partial charge is 0.507 e. The van der Waals surface area contributed by atoms with Gasteiger partial charge in [0, 0.05) is 45.7 Å². The molecule has 2 aliphatic rings. The van der Waals surface area contributed by atoms with E-state index in [-0.39, 0.29) is 14.0 Å². The Labute approximate surface area is 313 Å². The maximum absolute atomic E-state index is 14.7. The smallest absolute Gasteiger partial charge is 0.423 e. The first-order valence-corrected chi connectivity index (χ1v) is 15.8. The minimum Gasteiger partial charge on any atom is -0.507 e. The highest BCUT2D eigenvalue weighted by Gasteiger charge is 2.81. The summed E-state index contributed by atoms with van der Waals surface area (Å²) in [5.74, 6) is -31.2. The molecular weight excluding hydrogens is 805 g/mol. The molecule has 0 aliphatic carbocycles. The number of piperidine rings is 1. The second kappa shape index (κ2) is 13.3. The van der Waals surface area contributed by atoms with Crippen LogP contribution in [0.1, 0.15) is 41.7 Å². The van der Waals surface area contributed by atoms with Gasteiger partial charge in [0.25, 0.3) is 5.79 Å². The van der Waals surface area contributed by atoms with Crippen LogP contribution >= 0.6 is 0 Å². The van der Waals surface area contributed by atoms with Crippen LogP contribution < -0.4 is 0 Å². The monoisotopic (exact) mass is 840 g/mol. The van der Waals surface area contributed by atoms with E-state index in [0.717, 1.165) is 11.8 Å². The molecular formula is C30H35F7N4O16. The van der Waals surface area contributed by atoms with Gasteiger partial charge in [-0.05, 0) is 13.8 Å². The number of piperazine rings is 1. The normalized spacial score (nSPS) is 23.6. The predicted molar refractivity (Wildman–Crippen MR) is 165 cm³/mol. The fourth-order valence-electron chi connectivity index (χ4n) is 7.00. The molecule has 57 heavy (non-hydrogen) atoms. The number of amides is 3. The first-order valence-electron chi connectivity index (χ1n) is 15.8. The highest BCUT2D eigenvalue weighted by Crippen LogP contribution is 2.59. The van der Waals surface area contributed by atoms with Gasteiger partial charge in [0.05, 0.1) is 11.1 Å². The zero-order chi connectivity index (χ0) is 44.3. The van der Waals surface area contributed by atoms with Crippen LogP contribution in [0.3, 0.4) is 0 Å². The number of phenolic OH excluding ortho intramolecular Hbond substituents is 6. The Morgan fingerprint density at radius 3 is 1.53 bits per heavy atom. The summed E-state index contributed by atoms with van der Waals surface area (Å²) in [4.78, 5) is 25.9. The molecule has 4 rings (SSSR count). The zero-order valence-electron chi connectivity index (χ0n) is 29.4. The molecule has 320 valence electrons. The van der Waals surface area contributed by atoms with Crippen LogP contribution in [0.5, 0.6) is 34.5 Å². The molecule has 20 nitrogen and oxygen atoms in total. The van der Waals surface area contributed by atoms with Gasteiger partial charge in [-0.15, -0.1) is 0 Å². The topological polar surface area (TPSA) is 330 Å². The number of benzene rings is 2. The van der Waals surface area contributed by atoms with E-state index in [9.17, 15) is 112 Å². The second-order valence-electron chi connectivity index (χ2n) is 13.4. The number of rotatable bonds is 4. The van der Waals surface area contributed by atoms with Crippen LogP contribution in [-0.4, -0.2) is 160 Å². The minimum absolute atomic E-state index is 0.0162. The van der Waals surface area contributed by atoms with E-state index >= 15 is 0 Å². The van der Waals surface area contributed by atoms with Crippen molar-refractivity contribution in [2.45, 2.75) is 68.1 Å². The Hall–Kier alpha value is -4.87. The van der Waals surface area contributed by atoms with Crippen LogP contribution in [0.4, 0.5) is 35.5 Å². The van der Waals surface area contributed by atoms with E-state index in [1.807, 2.05) is 0 Å². The van der Waals surface area contributed by atoms with Crippen molar-refractivity contribution >= 4 is 11.9 Å². The predicted octanol–water partition coefficient (Wildman–Crippen LogP) is -1.68. The van der Waals surface area contributed by atoms with Crippen LogP contribution in [0.25, 0.3) is 0 Å². The summed E-state index contributed by atoms with van der Waals surface area (Å²) in [5.41, 5.74) is -20.5. The minimum atomic E-state index is -6.15. The van der Waals surface area contributed by atoms with Crippen LogP contribution in [-0.2, 0) is 28.6 Å². The van der Waals surface area contributed by atoms with Crippen LogP contribution in [0, 0.1) is 12.7 Å². The van der Waals surface area contributed by atoms with E-state index in [4.69, 9.17) is 0 Å². The lowest BCUT2D eigenvalue weighted by Crippen LogP contribution is -2.91. The summed E-state index contributed by atoms with van der Waals surface area (Å²) in [6.45, 7) is -0.568. The van der Waals surface area contributed by atoms with E-state index in [0.29, 0.717) is 11.8 Å². The molecule has 2 aliphatic heterocycles. The van der Waals surface area contributed by atoms with Crippen molar-refractivity contribution in [2.24, 2.45) is 0 Å². The Morgan fingerprint density at radius 2 is 1.12 bits per heavy atom. The summed E-state index contributed by atoms with van der Waals surface area (Å²) in [6.07, 6.45) is -12.3. The molecule has 0 spiro atoms. The maximum atomic E-state index is 14.7. The van der Waals surface area contributed by atoms with E-state index in [1.54, 1.807) is 0 Å². The van der Waals surface area contributed by atoms with Gasteiger partial charge in [-0.25, -0.2) is 9.69 Å². The molecule has 2 heterocycles. The number of likely N-dealkylation sites (tertiary alicyclic amines) is 1. The molecule has 0 radical (unpaired) electrons. The molecule has 14 N–H and O–H groups in total. The third kappa shape index (κ3) is 6.20. The summed E-state index contributed by atoms with van der Waals surface area (Å²) < 4.78 is 98.4. The number of nitrogens with zero attached hydrogens (tertiary/aromatic N) is 4. The summed E-state index contributed by atoms with van der Waals surface area (Å²) in [6, 6.07) is -6.01. The molecule has 27 heteroatoms. The quantitative estimate of drug-likeness (QED) is 0.0707. The van der Waals surface area contributed by atoms with Gasteiger partial charge in [0.1, 0.15) is 34.4 Å². The summed E-state index contributed by atoms with van der Waals surface area (Å²) in [5, 5.41) is 156. The number of aliphatic hydroxyl groups is 8. The lowest BCUT2D eigenvalue weighted by molar-refractivity contribution is -0.525. The number of hydrogen-bond acceptors (Lipinski definition) is 17. The van der Waals surface area contributed by atoms with Crippen LogP contribution in [0.2, 0.25) is 0 Å². The lowest BCUT2D eigenvalue weighted by atomic mass is 9.74. The fraction of sp³-hybridized carbons (Fsp3) is 0.533. The highest BCUT2D eigenvalue weighted by molar-refractivity contribution is 5.79. The second-order valence-corrected chi connectivity index (χ2v) is 13.4. The van der Waals surface area contributed by atoms with Gasteiger partial charge in [-0.3, -0.25) is 14.6 Å². The molecule has 0 bridgehead atoms. The summed E-state index contributed by atoms with van der Waals surface area (Å²) >= 11 is 0. The first-order chi connectivity index (χ1) is 25.5. The molecule has 2 aromatic rings. The van der Waals surface area contributed by atoms with Crippen molar-refractivity contribution in [3.05, 3.63) is 33.6 Å². The van der Waals surface area contributed by atoms with E-state index < -0.39 is 163 Å². The average Bonchev–Trinajstić information content (AvgIpc) is 3.03. The fourth-order valence-corrected chi connectivity index (χ4v) is 7.00. The molecule has 3 amide bonds. The standard InChI is InChI=1S/C30H35F7N4O16/c1-9-11(20(47)21(48)15(31)16(9)43)25(51)26(52,53)22(40-7-5-39(6-8-40)10(2)42)27(54,55)30(56,57)41(25)23(49)38(4)24(3,50)12-17(44)13(28(32,33)34)19(46)14(18(12)45)29(35,36)37/h22,43-48,50-57H,5-8H2,1-4H3. The van der Waals surface area contributed by atoms with Crippen molar-refractivity contribution in [1.82, 2.24) is 19.6 Å². The number of carbonyl (C=O) groups excluding carboxylic acids is 2. The molecule has 2 aromatic carbocycles. The van der Waals surface area contributed by atoms with Gasteiger partial charge in [0.15, 0.2) is 23.0 Å². The summed E-state index contributed by atoms with van der Waals surface area (Å²) in [7, 11) is 0.0807. The maximum Gasteiger partial charge on any atom is 0.423 e. The number of halogens is 7. The molecule has 0 saturated carbocycles. The van der Waals surface area contributed by atoms with E-state index in [1.165, 1.54) is 0 Å². The van der Waals surface area contributed by atoms with Gasteiger partial charge in [0.2, 0.25) is 23.2 Å². The Balaban J connectivity index is 2.12. The Morgan fingerprint density at radius 1 is 0.702 bits per heavy atom. The SMILES string of the molecule is CC(=O)N1CCN(C2C(O)(O)C(O)(O)N(C(=O)N(C)C(C)(O)c3c(O)c(C(F)(F)F)c(O)c(C(F)(F)F)c3O)C(O)(c3c(C)c(O)c(F)c(O)c3O)C2(O)O)CC1. The van der Waals surface area contributed by atoms with Gasteiger partial charge >= 0.3 is 24.3 Å². The Kier molecular flexibility index (Phi) is 10.5. The van der Waals surface area contributed by atoms with Gasteiger partial charge in [-0.2, -0.15) is 30.7 Å². The molecule has 0 aromatic heterocycles. The number of urea groups is 1. The number of alkyl halides is 6. The molecule has 2 saturated heterocycles. The highest BCUT2D eigenvalue weighted by atomic mass is 19.4. The van der Waals surface area contributed by atoms with E-state index in [2.05, 4.69) is 0 Å². The Bertz CT molecular complexity index is 1930. The van der Waals surface area contributed by atoms with Crippen molar-refractivity contribution < 1.29 is 112 Å². The van der Waals surface area contributed by atoms with Crippen molar-refractivity contribution in [2.75, 3.05) is 33.2 Å². The lowest BCUT2D eigenvalue weighted by Gasteiger charge is -2.64. The third-order valence-corrected chi connectivity index (χ3v) is 10.1. The first kappa shape index (κ1) is 44.8. The third-order valence-electron chi connectivity index (χ3n) is 10.1. The number of hydrogen-bond donors (Lipinski definition) is 14. The van der Waals surface area contributed by atoms with Gasteiger partial charge < -0.3 is 76.4 Å². The average molecular weight is 841 g/mol. The number of aromatic hydroxyl groups is 6. The molecule has 3 atom stereocenters. The van der Waals surface area contributed by atoms with Gasteiger partial charge in [-0.1, -0.05) is 0 Å². The molecule has 3 unspecified atom stereocenters. The number of phenols is 6. The molecule has 2 fully saturated rings. The number of carbonyl (C=O) groups is 2. The van der Waals surface area contributed by atoms with Crippen LogP contribution in [0.15, 0.2) is 0 Å². The van der Waals surface area contributed by atoms with Crippen molar-refractivity contribution in [3.8, 4) is 34.5 Å².